The number of morpholine rings is 1. The number of H-pyrrole nitrogens is 1. The summed E-state index contributed by atoms with van der Waals surface area (Å²) in [5, 5.41) is 0.877. The molecule has 0 aromatic carbocycles. The van der Waals surface area contributed by atoms with Crippen molar-refractivity contribution in [3.05, 3.63) is 43.5 Å². The summed E-state index contributed by atoms with van der Waals surface area (Å²) in [6.45, 7) is 6.77. The fraction of sp³-hybridized carbons (Fsp3) is 0.467. The van der Waals surface area contributed by atoms with Gasteiger partial charge in [-0.05, 0) is 20.8 Å². The maximum atomic E-state index is 12.7. The minimum Gasteiger partial charge on any atom is -0.368 e. The molecule has 1 aliphatic rings. The molecular weight excluding hydrogens is 316 g/mol. The summed E-state index contributed by atoms with van der Waals surface area (Å²) in [4.78, 5) is 37.9. The molecule has 2 aromatic heterocycles. The van der Waals surface area contributed by atoms with Gasteiger partial charge in [0.2, 0.25) is 0 Å². The standard InChI is InChI=1S/C15H18N4O3S/c1-8-14(23-10(3)16-8)15(21)19-4-5-22-12(7-19)11-6-13(20)18-9(2)17-11/h6,12H,4-5,7H2,1-3H3,(H,17,18,20)/t12-/m0/s1. The van der Waals surface area contributed by atoms with E-state index in [0.717, 1.165) is 10.7 Å². The molecule has 1 saturated heterocycles. The minimum atomic E-state index is -0.386. The van der Waals surface area contributed by atoms with Crippen molar-refractivity contribution in [3.63, 3.8) is 0 Å². The van der Waals surface area contributed by atoms with Gasteiger partial charge in [-0.15, -0.1) is 11.3 Å². The zero-order valence-corrected chi connectivity index (χ0v) is 14.1. The van der Waals surface area contributed by atoms with E-state index >= 15 is 0 Å². The van der Waals surface area contributed by atoms with Crippen molar-refractivity contribution in [2.24, 2.45) is 0 Å². The molecule has 1 fully saturated rings. The second kappa shape index (κ2) is 6.21. The normalized spacial score (nSPS) is 18.2. The zero-order chi connectivity index (χ0) is 16.6. The average Bonchev–Trinajstić information content (AvgIpc) is 2.84. The Hall–Kier alpha value is -2.06. The molecule has 0 unspecified atom stereocenters. The Morgan fingerprint density at radius 2 is 2.17 bits per heavy atom. The molecule has 7 nitrogen and oxygen atoms in total. The molecule has 3 rings (SSSR count). The van der Waals surface area contributed by atoms with Gasteiger partial charge in [-0.2, -0.15) is 0 Å². The highest BCUT2D eigenvalue weighted by Crippen LogP contribution is 2.24. The fourth-order valence-corrected chi connectivity index (χ4v) is 3.54. The molecular formula is C15H18N4O3S. The number of carbonyl (C=O) groups excluding carboxylic acids is 1. The Bertz CT molecular complexity index is 798. The van der Waals surface area contributed by atoms with Gasteiger partial charge in [-0.3, -0.25) is 9.59 Å². The van der Waals surface area contributed by atoms with Crippen LogP contribution in [0.5, 0.6) is 0 Å². The molecule has 0 aliphatic carbocycles. The van der Waals surface area contributed by atoms with E-state index in [4.69, 9.17) is 4.74 Å². The largest absolute Gasteiger partial charge is 0.368 e. The van der Waals surface area contributed by atoms with Gasteiger partial charge >= 0.3 is 0 Å². The lowest BCUT2D eigenvalue weighted by atomic mass is 10.2. The van der Waals surface area contributed by atoms with Crippen LogP contribution in [0.15, 0.2) is 10.9 Å². The first-order valence-corrected chi connectivity index (χ1v) is 8.18. The molecule has 1 atom stereocenters. The predicted molar refractivity (Wildman–Crippen MR) is 85.8 cm³/mol. The minimum absolute atomic E-state index is 0.0389. The van der Waals surface area contributed by atoms with Crippen molar-refractivity contribution < 1.29 is 9.53 Å². The van der Waals surface area contributed by atoms with Gasteiger partial charge in [-0.1, -0.05) is 0 Å². The Kier molecular flexibility index (Phi) is 4.27. The SMILES string of the molecule is Cc1nc([C@@H]2CN(C(=O)c3sc(C)nc3C)CCO2)cc(=O)[nH]1. The number of rotatable bonds is 2. The van der Waals surface area contributed by atoms with Crippen LogP contribution in [0.1, 0.15) is 38.0 Å². The highest BCUT2D eigenvalue weighted by molar-refractivity contribution is 7.13. The number of carbonyl (C=O) groups is 1. The Balaban J connectivity index is 1.82. The quantitative estimate of drug-likeness (QED) is 0.896. The molecule has 1 amide bonds. The topological polar surface area (TPSA) is 88.2 Å². The van der Waals surface area contributed by atoms with Crippen LogP contribution in [-0.2, 0) is 4.74 Å². The van der Waals surface area contributed by atoms with E-state index in [9.17, 15) is 9.59 Å². The second-order valence-electron chi connectivity index (χ2n) is 5.51. The number of amides is 1. The summed E-state index contributed by atoms with van der Waals surface area (Å²) in [5.41, 5.74) is 1.10. The number of aryl methyl sites for hydroxylation is 3. The third-order valence-electron chi connectivity index (χ3n) is 3.66. The van der Waals surface area contributed by atoms with Gasteiger partial charge in [0.05, 0.1) is 29.5 Å². The van der Waals surface area contributed by atoms with E-state index in [1.54, 1.807) is 11.8 Å². The van der Waals surface area contributed by atoms with Gasteiger partial charge < -0.3 is 14.6 Å². The fourth-order valence-electron chi connectivity index (χ4n) is 2.65. The van der Waals surface area contributed by atoms with Gasteiger partial charge in [0, 0.05) is 12.6 Å². The monoisotopic (exact) mass is 334 g/mol. The van der Waals surface area contributed by atoms with Crippen LogP contribution in [0.3, 0.4) is 0 Å². The summed E-state index contributed by atoms with van der Waals surface area (Å²) < 4.78 is 5.70. The summed E-state index contributed by atoms with van der Waals surface area (Å²) in [6.07, 6.45) is -0.386. The number of aromatic amines is 1. The molecule has 0 saturated carbocycles. The van der Waals surface area contributed by atoms with Gasteiger partial charge in [-0.25, -0.2) is 9.97 Å². The van der Waals surface area contributed by atoms with Crippen molar-refractivity contribution in [2.75, 3.05) is 19.7 Å². The van der Waals surface area contributed by atoms with Crippen LogP contribution >= 0.6 is 11.3 Å². The van der Waals surface area contributed by atoms with Crippen LogP contribution in [0.25, 0.3) is 0 Å². The number of aromatic nitrogens is 3. The summed E-state index contributed by atoms with van der Waals surface area (Å²) in [5.74, 6) is 0.497. The van der Waals surface area contributed by atoms with E-state index in [1.807, 2.05) is 13.8 Å². The van der Waals surface area contributed by atoms with Crippen molar-refractivity contribution in [1.82, 2.24) is 19.9 Å². The molecule has 1 N–H and O–H groups in total. The maximum Gasteiger partial charge on any atom is 0.266 e. The van der Waals surface area contributed by atoms with Crippen LogP contribution in [0.2, 0.25) is 0 Å². The van der Waals surface area contributed by atoms with Crippen molar-refractivity contribution in [2.45, 2.75) is 26.9 Å². The molecule has 3 heterocycles. The number of nitrogens with zero attached hydrogens (tertiary/aromatic N) is 3. The van der Waals surface area contributed by atoms with E-state index in [0.29, 0.717) is 36.1 Å². The van der Waals surface area contributed by atoms with Crippen LogP contribution in [0.4, 0.5) is 0 Å². The number of hydrogen-bond acceptors (Lipinski definition) is 6. The van der Waals surface area contributed by atoms with Crippen molar-refractivity contribution in [1.29, 1.82) is 0 Å². The Morgan fingerprint density at radius 1 is 1.39 bits per heavy atom. The molecule has 122 valence electrons. The third kappa shape index (κ3) is 3.32. The van der Waals surface area contributed by atoms with E-state index in [1.165, 1.54) is 17.4 Å². The first-order valence-electron chi connectivity index (χ1n) is 7.37. The molecule has 8 heteroatoms. The number of nitrogens with one attached hydrogen (secondary N) is 1. The first-order chi connectivity index (χ1) is 10.9. The first kappa shape index (κ1) is 15.8. The third-order valence-corrected chi connectivity index (χ3v) is 4.72. The van der Waals surface area contributed by atoms with Gasteiger partial charge in [0.15, 0.2) is 0 Å². The lowest BCUT2D eigenvalue weighted by Gasteiger charge is -2.32. The van der Waals surface area contributed by atoms with Crippen molar-refractivity contribution in [3.8, 4) is 0 Å². The predicted octanol–water partition coefficient (Wildman–Crippen LogP) is 1.37. The van der Waals surface area contributed by atoms with E-state index in [-0.39, 0.29) is 17.6 Å². The lowest BCUT2D eigenvalue weighted by Crippen LogP contribution is -2.42. The molecule has 0 spiro atoms. The van der Waals surface area contributed by atoms with Crippen LogP contribution in [-0.4, -0.2) is 45.5 Å². The molecule has 0 radical (unpaired) electrons. The Morgan fingerprint density at radius 3 is 2.83 bits per heavy atom. The molecule has 1 aliphatic heterocycles. The summed E-state index contributed by atoms with van der Waals surface area (Å²) >= 11 is 1.40. The average molecular weight is 334 g/mol. The number of hydrogen-bond donors (Lipinski definition) is 1. The highest BCUT2D eigenvalue weighted by atomic mass is 32.1. The Labute approximate surface area is 137 Å². The zero-order valence-electron chi connectivity index (χ0n) is 13.3. The maximum absolute atomic E-state index is 12.7. The number of thiazole rings is 1. The highest BCUT2D eigenvalue weighted by Gasteiger charge is 2.29. The van der Waals surface area contributed by atoms with Crippen molar-refractivity contribution >= 4 is 17.2 Å². The van der Waals surface area contributed by atoms with Crippen LogP contribution in [0, 0.1) is 20.8 Å². The summed E-state index contributed by atoms with van der Waals surface area (Å²) in [7, 11) is 0. The van der Waals surface area contributed by atoms with Gasteiger partial charge in [0.1, 0.15) is 16.8 Å². The molecule has 2 aromatic rings. The second-order valence-corrected chi connectivity index (χ2v) is 6.72. The summed E-state index contributed by atoms with van der Waals surface area (Å²) in [6, 6.07) is 1.42. The molecule has 0 bridgehead atoms. The lowest BCUT2D eigenvalue weighted by molar-refractivity contribution is -0.0247. The molecule has 23 heavy (non-hydrogen) atoms. The van der Waals surface area contributed by atoms with Gasteiger partial charge in [0.25, 0.3) is 11.5 Å². The van der Waals surface area contributed by atoms with E-state index in [2.05, 4.69) is 15.0 Å². The number of ether oxygens (including phenoxy) is 1. The smallest absolute Gasteiger partial charge is 0.266 e. The van der Waals surface area contributed by atoms with E-state index < -0.39 is 0 Å². The van der Waals surface area contributed by atoms with Crippen LogP contribution < -0.4 is 5.56 Å².